The minimum atomic E-state index is -0.981. The predicted molar refractivity (Wildman–Crippen MR) is 74.6 cm³/mol. The van der Waals surface area contributed by atoms with Gasteiger partial charge in [-0.1, -0.05) is 12.2 Å². The molecule has 2 aliphatic carbocycles. The third kappa shape index (κ3) is 2.58. The highest BCUT2D eigenvalue weighted by molar-refractivity contribution is 5.88. The van der Waals surface area contributed by atoms with E-state index in [-0.39, 0.29) is 17.7 Å². The van der Waals surface area contributed by atoms with Crippen molar-refractivity contribution < 1.29 is 15.0 Å². The Morgan fingerprint density at radius 1 is 1.30 bits per heavy atom. The molecule has 0 bridgehead atoms. The van der Waals surface area contributed by atoms with Gasteiger partial charge in [-0.25, -0.2) is 4.79 Å². The molecule has 0 spiro atoms. The van der Waals surface area contributed by atoms with Crippen LogP contribution >= 0.6 is 0 Å². The largest absolute Gasteiger partial charge is 0.478 e. The standard InChI is InChI=1S/C15H16N2O3/c18-14-2-1-9-3-12(4-10(9)6-14)17-13-5-11(15(19)20)7-16-8-13/h1,4-5,7-8,12,14,17-18H,2-3,6H2,(H,19,20). The van der Waals surface area contributed by atoms with Crippen LogP contribution in [0.2, 0.25) is 0 Å². The third-order valence-electron chi connectivity index (χ3n) is 3.68. The first-order chi connectivity index (χ1) is 9.61. The number of anilines is 1. The normalized spacial score (nSPS) is 24.6. The summed E-state index contributed by atoms with van der Waals surface area (Å²) in [4.78, 5) is 14.8. The summed E-state index contributed by atoms with van der Waals surface area (Å²) in [7, 11) is 0. The molecular formula is C15H16N2O3. The van der Waals surface area contributed by atoms with Crippen molar-refractivity contribution in [3.8, 4) is 0 Å². The molecule has 3 N–H and O–H groups in total. The number of aromatic nitrogens is 1. The molecular weight excluding hydrogens is 256 g/mol. The Kier molecular flexibility index (Phi) is 3.28. The number of carboxylic acids is 1. The molecule has 20 heavy (non-hydrogen) atoms. The van der Waals surface area contributed by atoms with Gasteiger partial charge in [-0.15, -0.1) is 0 Å². The van der Waals surface area contributed by atoms with Crippen molar-refractivity contribution in [1.29, 1.82) is 0 Å². The summed E-state index contributed by atoms with van der Waals surface area (Å²) in [6, 6.07) is 1.71. The van der Waals surface area contributed by atoms with Crippen LogP contribution < -0.4 is 5.32 Å². The first-order valence-electron chi connectivity index (χ1n) is 6.65. The number of aliphatic hydroxyl groups is 1. The summed E-state index contributed by atoms with van der Waals surface area (Å²) in [5.41, 5.74) is 3.36. The molecule has 1 aromatic rings. The van der Waals surface area contributed by atoms with Crippen molar-refractivity contribution in [1.82, 2.24) is 4.98 Å². The van der Waals surface area contributed by atoms with E-state index in [9.17, 15) is 9.90 Å². The summed E-state index contributed by atoms with van der Waals surface area (Å²) in [6.45, 7) is 0. The van der Waals surface area contributed by atoms with E-state index in [1.54, 1.807) is 12.3 Å². The molecule has 0 amide bonds. The Morgan fingerprint density at radius 2 is 2.15 bits per heavy atom. The molecule has 104 valence electrons. The maximum atomic E-state index is 10.9. The fourth-order valence-electron chi connectivity index (χ4n) is 2.75. The fourth-order valence-corrected chi connectivity index (χ4v) is 2.75. The second kappa shape index (κ2) is 5.09. The lowest BCUT2D eigenvalue weighted by Gasteiger charge is -2.17. The highest BCUT2D eigenvalue weighted by Crippen LogP contribution is 2.34. The number of fused-ring (bicyclic) bond motifs is 1. The zero-order chi connectivity index (χ0) is 14.1. The SMILES string of the molecule is O=C(O)c1cncc(NC2C=C3CC(O)CC=C3C2)c1. The molecule has 2 unspecified atom stereocenters. The van der Waals surface area contributed by atoms with Crippen LogP contribution in [0.1, 0.15) is 29.6 Å². The van der Waals surface area contributed by atoms with E-state index in [0.717, 1.165) is 12.8 Å². The second-order valence-electron chi connectivity index (χ2n) is 5.24. The number of carbonyl (C=O) groups is 1. The van der Waals surface area contributed by atoms with Gasteiger partial charge in [-0.2, -0.15) is 0 Å². The Balaban J connectivity index is 1.74. The van der Waals surface area contributed by atoms with Gasteiger partial charge in [-0.3, -0.25) is 4.98 Å². The van der Waals surface area contributed by atoms with E-state index in [1.165, 1.54) is 17.3 Å². The highest BCUT2D eigenvalue weighted by atomic mass is 16.4. The molecule has 3 rings (SSSR count). The van der Waals surface area contributed by atoms with Crippen molar-refractivity contribution in [3.63, 3.8) is 0 Å². The maximum Gasteiger partial charge on any atom is 0.337 e. The number of hydrogen-bond acceptors (Lipinski definition) is 4. The third-order valence-corrected chi connectivity index (χ3v) is 3.68. The molecule has 1 aromatic heterocycles. The lowest BCUT2D eigenvalue weighted by Crippen LogP contribution is -2.14. The van der Waals surface area contributed by atoms with Gasteiger partial charge in [0.05, 0.1) is 17.4 Å². The van der Waals surface area contributed by atoms with Gasteiger partial charge < -0.3 is 15.5 Å². The average molecular weight is 272 g/mol. The van der Waals surface area contributed by atoms with Crippen LogP contribution in [0.5, 0.6) is 0 Å². The summed E-state index contributed by atoms with van der Waals surface area (Å²) in [5, 5.41) is 21.9. The first-order valence-corrected chi connectivity index (χ1v) is 6.65. The van der Waals surface area contributed by atoms with Crippen LogP contribution in [-0.2, 0) is 0 Å². The van der Waals surface area contributed by atoms with Gasteiger partial charge in [0.2, 0.25) is 0 Å². The molecule has 0 fully saturated rings. The van der Waals surface area contributed by atoms with E-state index in [4.69, 9.17) is 5.11 Å². The molecule has 0 saturated heterocycles. The number of pyridine rings is 1. The minimum absolute atomic E-state index is 0.132. The average Bonchev–Trinajstić information content (AvgIpc) is 2.80. The number of carboxylic acid groups (broad SMARTS) is 1. The van der Waals surface area contributed by atoms with E-state index in [0.29, 0.717) is 12.1 Å². The number of aliphatic hydroxyl groups excluding tert-OH is 1. The van der Waals surface area contributed by atoms with Crippen LogP contribution in [-0.4, -0.2) is 33.3 Å². The van der Waals surface area contributed by atoms with Gasteiger partial charge in [0, 0.05) is 18.4 Å². The van der Waals surface area contributed by atoms with Gasteiger partial charge in [0.25, 0.3) is 0 Å². The Hall–Kier alpha value is -2.14. The van der Waals surface area contributed by atoms with E-state index < -0.39 is 5.97 Å². The zero-order valence-electron chi connectivity index (χ0n) is 10.9. The molecule has 1 heterocycles. The molecule has 5 heteroatoms. The summed E-state index contributed by atoms with van der Waals surface area (Å²) in [6.07, 6.45) is 9.18. The molecule has 2 aliphatic rings. The lowest BCUT2D eigenvalue weighted by molar-refractivity contribution is 0.0696. The van der Waals surface area contributed by atoms with Gasteiger partial charge in [0.1, 0.15) is 0 Å². The molecule has 0 radical (unpaired) electrons. The van der Waals surface area contributed by atoms with Crippen molar-refractivity contribution in [2.45, 2.75) is 31.4 Å². The Bertz CT molecular complexity index is 607. The summed E-state index contributed by atoms with van der Waals surface area (Å²) in [5.74, 6) is -0.981. The van der Waals surface area contributed by atoms with Gasteiger partial charge in [0.15, 0.2) is 0 Å². The molecule has 0 aliphatic heterocycles. The minimum Gasteiger partial charge on any atom is -0.478 e. The predicted octanol–water partition coefficient (Wildman–Crippen LogP) is 1.97. The van der Waals surface area contributed by atoms with E-state index in [2.05, 4.69) is 22.5 Å². The zero-order valence-corrected chi connectivity index (χ0v) is 10.9. The lowest BCUT2D eigenvalue weighted by atomic mass is 9.94. The van der Waals surface area contributed by atoms with Crippen molar-refractivity contribution in [2.24, 2.45) is 0 Å². The topological polar surface area (TPSA) is 82.5 Å². The van der Waals surface area contributed by atoms with Gasteiger partial charge >= 0.3 is 5.97 Å². The van der Waals surface area contributed by atoms with Crippen molar-refractivity contribution in [2.75, 3.05) is 5.32 Å². The quantitative estimate of drug-likeness (QED) is 0.783. The van der Waals surface area contributed by atoms with Gasteiger partial charge in [-0.05, 0) is 36.5 Å². The smallest absolute Gasteiger partial charge is 0.337 e. The molecule has 5 nitrogen and oxygen atoms in total. The first kappa shape index (κ1) is 12.9. The fraction of sp³-hybridized carbons (Fsp3) is 0.333. The Labute approximate surface area is 116 Å². The summed E-state index contributed by atoms with van der Waals surface area (Å²) < 4.78 is 0. The van der Waals surface area contributed by atoms with Crippen LogP contribution in [0.15, 0.2) is 41.8 Å². The summed E-state index contributed by atoms with van der Waals surface area (Å²) >= 11 is 0. The monoisotopic (exact) mass is 272 g/mol. The number of rotatable bonds is 3. The second-order valence-corrected chi connectivity index (χ2v) is 5.24. The van der Waals surface area contributed by atoms with Crippen molar-refractivity contribution >= 4 is 11.7 Å². The van der Waals surface area contributed by atoms with Crippen molar-refractivity contribution in [3.05, 3.63) is 47.3 Å². The molecule has 2 atom stereocenters. The number of nitrogens with one attached hydrogen (secondary N) is 1. The molecule has 0 aromatic carbocycles. The van der Waals surface area contributed by atoms with E-state index in [1.807, 2.05) is 0 Å². The number of hydrogen-bond donors (Lipinski definition) is 3. The van der Waals surface area contributed by atoms with Crippen LogP contribution in [0.25, 0.3) is 0 Å². The number of nitrogens with zero attached hydrogens (tertiary/aromatic N) is 1. The Morgan fingerprint density at radius 3 is 2.95 bits per heavy atom. The number of aromatic carboxylic acids is 1. The van der Waals surface area contributed by atoms with Crippen LogP contribution in [0.4, 0.5) is 5.69 Å². The van der Waals surface area contributed by atoms with E-state index >= 15 is 0 Å². The molecule has 0 saturated carbocycles. The van der Waals surface area contributed by atoms with Crippen LogP contribution in [0, 0.1) is 0 Å². The van der Waals surface area contributed by atoms with Crippen LogP contribution in [0.3, 0.4) is 0 Å². The highest BCUT2D eigenvalue weighted by Gasteiger charge is 2.25. The maximum absolute atomic E-state index is 10.9.